The van der Waals surface area contributed by atoms with E-state index in [1.807, 2.05) is 55.4 Å². The van der Waals surface area contributed by atoms with Gasteiger partial charge in [-0.1, -0.05) is 47.0 Å². The van der Waals surface area contributed by atoms with Gasteiger partial charge in [0.1, 0.15) is 12.1 Å². The molecule has 0 aromatic carbocycles. The maximum atomic E-state index is 12.7. The van der Waals surface area contributed by atoms with Crippen molar-refractivity contribution in [3.63, 3.8) is 0 Å². The van der Waals surface area contributed by atoms with Gasteiger partial charge in [-0.25, -0.2) is 9.59 Å². The van der Waals surface area contributed by atoms with Gasteiger partial charge in [-0.15, -0.1) is 0 Å². The summed E-state index contributed by atoms with van der Waals surface area (Å²) in [6.45, 7) is 15.0. The van der Waals surface area contributed by atoms with Crippen LogP contribution in [0.3, 0.4) is 0 Å². The fraction of sp³-hybridized carbons (Fsp3) is 0.800. The zero-order valence-electron chi connectivity index (χ0n) is 22.6. The van der Waals surface area contributed by atoms with Crippen molar-refractivity contribution in [2.75, 3.05) is 16.0 Å². The van der Waals surface area contributed by atoms with E-state index in [0.717, 1.165) is 25.7 Å². The molecule has 0 aliphatic heterocycles. The second-order valence-electron chi connectivity index (χ2n) is 10.5. The van der Waals surface area contributed by atoms with Crippen LogP contribution in [0.4, 0.5) is 17.8 Å². The number of anilines is 3. The van der Waals surface area contributed by atoms with Crippen molar-refractivity contribution >= 4 is 29.8 Å². The number of aromatic nitrogens is 3. The summed E-state index contributed by atoms with van der Waals surface area (Å²) < 4.78 is 10.9. The van der Waals surface area contributed by atoms with Gasteiger partial charge < -0.3 is 25.4 Å². The van der Waals surface area contributed by atoms with Gasteiger partial charge in [-0.3, -0.25) is 0 Å². The van der Waals surface area contributed by atoms with E-state index in [1.165, 1.54) is 6.42 Å². The number of hydrogen-bond donors (Lipinski definition) is 3. The Morgan fingerprint density at radius 3 is 1.46 bits per heavy atom. The molecule has 1 aromatic rings. The van der Waals surface area contributed by atoms with Crippen molar-refractivity contribution in [1.82, 2.24) is 15.0 Å². The van der Waals surface area contributed by atoms with E-state index < -0.39 is 12.1 Å². The Kier molecular flexibility index (Phi) is 11.0. The van der Waals surface area contributed by atoms with E-state index in [9.17, 15) is 9.59 Å². The molecule has 2 rings (SSSR count). The Bertz CT molecular complexity index is 770. The average Bonchev–Trinajstić information content (AvgIpc) is 2.75. The summed E-state index contributed by atoms with van der Waals surface area (Å²) in [5.74, 6) is 0.0121. The fourth-order valence-electron chi connectivity index (χ4n) is 3.88. The number of esters is 2. The van der Waals surface area contributed by atoms with Crippen LogP contribution in [0.5, 0.6) is 0 Å². The van der Waals surface area contributed by atoms with Crippen molar-refractivity contribution in [2.45, 2.75) is 118 Å². The van der Waals surface area contributed by atoms with Crippen LogP contribution in [0.25, 0.3) is 0 Å². The molecule has 3 N–H and O–H groups in total. The van der Waals surface area contributed by atoms with Gasteiger partial charge in [-0.05, 0) is 52.4 Å². The SMILES string of the molecule is CC(C)OC(=O)C(Nc1nc(NC2CCCCC2)nc(NC(C(=O)OC(C)C)C(C)C)n1)C(C)C. The topological polar surface area (TPSA) is 127 Å². The van der Waals surface area contributed by atoms with Crippen molar-refractivity contribution in [3.8, 4) is 0 Å². The predicted molar refractivity (Wildman–Crippen MR) is 137 cm³/mol. The van der Waals surface area contributed by atoms with E-state index in [1.54, 1.807) is 0 Å². The summed E-state index contributed by atoms with van der Waals surface area (Å²) in [5.41, 5.74) is 0. The highest BCUT2D eigenvalue weighted by Crippen LogP contribution is 2.22. The maximum Gasteiger partial charge on any atom is 0.329 e. The molecule has 35 heavy (non-hydrogen) atoms. The summed E-state index contributed by atoms with van der Waals surface area (Å²) in [7, 11) is 0. The van der Waals surface area contributed by atoms with Gasteiger partial charge in [-0.2, -0.15) is 15.0 Å². The Hall–Kier alpha value is -2.65. The molecule has 0 saturated heterocycles. The third-order valence-corrected chi connectivity index (χ3v) is 5.69. The van der Waals surface area contributed by atoms with Crippen LogP contribution in [0.2, 0.25) is 0 Å². The molecular formula is C25H44N6O4. The first kappa shape index (κ1) is 28.6. The van der Waals surface area contributed by atoms with Crippen LogP contribution >= 0.6 is 0 Å². The molecule has 1 aliphatic rings. The molecule has 10 nitrogen and oxygen atoms in total. The monoisotopic (exact) mass is 492 g/mol. The van der Waals surface area contributed by atoms with Crippen LogP contribution in [-0.4, -0.2) is 57.2 Å². The van der Waals surface area contributed by atoms with Crippen LogP contribution in [0, 0.1) is 11.8 Å². The van der Waals surface area contributed by atoms with Crippen LogP contribution in [-0.2, 0) is 19.1 Å². The largest absolute Gasteiger partial charge is 0.461 e. The van der Waals surface area contributed by atoms with Gasteiger partial charge >= 0.3 is 11.9 Å². The van der Waals surface area contributed by atoms with E-state index in [-0.39, 0.29) is 53.9 Å². The quantitative estimate of drug-likeness (QED) is 0.361. The van der Waals surface area contributed by atoms with Crippen molar-refractivity contribution < 1.29 is 19.1 Å². The first-order valence-electron chi connectivity index (χ1n) is 12.9. The third kappa shape index (κ3) is 9.49. The Labute approximate surface area is 209 Å². The van der Waals surface area contributed by atoms with Crippen molar-refractivity contribution in [3.05, 3.63) is 0 Å². The Morgan fingerprint density at radius 2 is 1.09 bits per heavy atom. The lowest BCUT2D eigenvalue weighted by Gasteiger charge is -2.25. The first-order valence-corrected chi connectivity index (χ1v) is 12.9. The number of nitrogens with one attached hydrogen (secondary N) is 3. The molecule has 2 unspecified atom stereocenters. The standard InChI is InChI=1S/C25H44N6O4/c1-14(2)19(21(32)34-16(5)6)27-24-29-23(26-18-12-10-9-11-13-18)30-25(31-24)28-20(15(3)4)22(33)35-17(7)8/h14-20H,9-13H2,1-8H3,(H3,26,27,28,29,30,31). The summed E-state index contributed by atoms with van der Waals surface area (Å²) >= 11 is 0. The molecule has 0 amide bonds. The van der Waals surface area contributed by atoms with Crippen LogP contribution in [0.1, 0.15) is 87.5 Å². The van der Waals surface area contributed by atoms with Crippen LogP contribution in [0.15, 0.2) is 0 Å². The van der Waals surface area contributed by atoms with E-state index in [0.29, 0.717) is 5.95 Å². The minimum absolute atomic E-state index is 0.0615. The summed E-state index contributed by atoms with van der Waals surface area (Å²) in [4.78, 5) is 39.0. The Morgan fingerprint density at radius 1 is 0.686 bits per heavy atom. The summed E-state index contributed by atoms with van der Waals surface area (Å²) in [6, 6.07) is -1.01. The van der Waals surface area contributed by atoms with Crippen molar-refractivity contribution in [1.29, 1.82) is 0 Å². The van der Waals surface area contributed by atoms with E-state index in [4.69, 9.17) is 9.47 Å². The van der Waals surface area contributed by atoms with Gasteiger partial charge in [0.05, 0.1) is 12.2 Å². The van der Waals surface area contributed by atoms with E-state index in [2.05, 4.69) is 30.9 Å². The minimum atomic E-state index is -0.637. The highest BCUT2D eigenvalue weighted by Gasteiger charge is 2.28. The molecule has 0 spiro atoms. The third-order valence-electron chi connectivity index (χ3n) is 5.69. The number of hydrogen-bond acceptors (Lipinski definition) is 10. The summed E-state index contributed by atoms with van der Waals surface area (Å²) in [5, 5.41) is 9.68. The predicted octanol–water partition coefficient (Wildman–Crippen LogP) is 4.39. The molecule has 1 saturated carbocycles. The number of carbonyl (C=O) groups is 2. The first-order chi connectivity index (χ1) is 16.5. The molecular weight excluding hydrogens is 448 g/mol. The minimum Gasteiger partial charge on any atom is -0.461 e. The zero-order valence-corrected chi connectivity index (χ0v) is 22.6. The average molecular weight is 493 g/mol. The van der Waals surface area contributed by atoms with Gasteiger partial charge in [0.25, 0.3) is 0 Å². The molecule has 1 aromatic heterocycles. The number of carbonyl (C=O) groups excluding carboxylic acids is 2. The lowest BCUT2D eigenvalue weighted by molar-refractivity contribution is -0.150. The molecule has 1 aliphatic carbocycles. The molecule has 198 valence electrons. The number of rotatable bonds is 12. The molecule has 0 radical (unpaired) electrons. The lowest BCUT2D eigenvalue weighted by atomic mass is 9.96. The molecule has 1 fully saturated rings. The molecule has 2 atom stereocenters. The highest BCUT2D eigenvalue weighted by molar-refractivity contribution is 5.80. The fourth-order valence-corrected chi connectivity index (χ4v) is 3.88. The van der Waals surface area contributed by atoms with Gasteiger partial charge in [0.2, 0.25) is 17.8 Å². The lowest BCUT2D eigenvalue weighted by Crippen LogP contribution is -2.39. The van der Waals surface area contributed by atoms with Gasteiger partial charge in [0, 0.05) is 6.04 Å². The second-order valence-corrected chi connectivity index (χ2v) is 10.5. The van der Waals surface area contributed by atoms with Gasteiger partial charge in [0.15, 0.2) is 0 Å². The molecule has 10 heteroatoms. The second kappa shape index (κ2) is 13.4. The number of nitrogens with zero attached hydrogens (tertiary/aromatic N) is 3. The summed E-state index contributed by atoms with van der Waals surface area (Å²) in [6.07, 6.45) is 5.17. The molecule has 0 bridgehead atoms. The van der Waals surface area contributed by atoms with Crippen LogP contribution < -0.4 is 16.0 Å². The molecule has 1 heterocycles. The highest BCUT2D eigenvalue weighted by atomic mass is 16.5. The van der Waals surface area contributed by atoms with E-state index >= 15 is 0 Å². The smallest absolute Gasteiger partial charge is 0.329 e. The maximum absolute atomic E-state index is 12.7. The normalized spacial score (nSPS) is 16.3. The zero-order chi connectivity index (χ0) is 26.1. The Balaban J connectivity index is 2.35. The number of ether oxygens (including phenoxy) is 2. The van der Waals surface area contributed by atoms with Crippen molar-refractivity contribution in [2.24, 2.45) is 11.8 Å².